The molecule has 1 aromatic heterocycles. The van der Waals surface area contributed by atoms with Crippen LogP contribution in [0.1, 0.15) is 11.3 Å². The number of nitrogens with two attached hydrogens (primary N) is 1. The quantitative estimate of drug-likeness (QED) is 0.768. The monoisotopic (exact) mass is 343 g/mol. The second kappa shape index (κ2) is 6.91. The molecule has 3 rings (SSSR count). The fraction of sp³-hybridized carbons (Fsp3) is 0.333. The normalized spacial score (nSPS) is 13.8. The van der Waals surface area contributed by atoms with Crippen LogP contribution in [0.2, 0.25) is 0 Å². The van der Waals surface area contributed by atoms with Gasteiger partial charge in [0.1, 0.15) is 6.54 Å². The van der Waals surface area contributed by atoms with Crippen molar-refractivity contribution in [1.82, 2.24) is 9.88 Å². The van der Waals surface area contributed by atoms with E-state index in [2.05, 4.69) is 17.4 Å². The summed E-state index contributed by atoms with van der Waals surface area (Å²) in [5.41, 5.74) is 9.01. The number of carbonyl (C=O) groups is 2. The van der Waals surface area contributed by atoms with Gasteiger partial charge < -0.3 is 20.7 Å². The Labute approximate surface area is 135 Å². The third kappa shape index (κ3) is 3.85. The van der Waals surface area contributed by atoms with Gasteiger partial charge in [-0.2, -0.15) is 13.2 Å². The molecule has 1 amide bonds. The molecule has 0 atom stereocenters. The van der Waals surface area contributed by atoms with Gasteiger partial charge in [0, 0.05) is 23.1 Å². The van der Waals surface area contributed by atoms with Crippen LogP contribution in [0.5, 0.6) is 0 Å². The van der Waals surface area contributed by atoms with Gasteiger partial charge in [-0.1, -0.05) is 18.2 Å². The number of alkyl halides is 3. The lowest BCUT2D eigenvalue weighted by Gasteiger charge is -2.16. The van der Waals surface area contributed by atoms with Crippen molar-refractivity contribution in [1.29, 1.82) is 0 Å². The number of para-hydroxylation sites is 1. The molecule has 0 saturated carbocycles. The van der Waals surface area contributed by atoms with Crippen molar-refractivity contribution in [2.45, 2.75) is 25.7 Å². The van der Waals surface area contributed by atoms with E-state index >= 15 is 0 Å². The molecule has 130 valence electrons. The topological polar surface area (TPSA) is 97.4 Å². The maximum atomic E-state index is 11.2. The SMILES string of the molecule is NC(=O)Cn1c2c(c3ccccc31)CCNC2.O=C(O)C(F)(F)F. The minimum Gasteiger partial charge on any atom is -0.475 e. The zero-order valence-corrected chi connectivity index (χ0v) is 12.6. The average molecular weight is 343 g/mol. The molecule has 2 aromatic rings. The van der Waals surface area contributed by atoms with Gasteiger partial charge in [-0.25, -0.2) is 4.79 Å². The highest BCUT2D eigenvalue weighted by molar-refractivity contribution is 5.87. The molecule has 4 N–H and O–H groups in total. The molecule has 0 saturated heterocycles. The summed E-state index contributed by atoms with van der Waals surface area (Å²) in [4.78, 5) is 20.1. The fourth-order valence-corrected chi connectivity index (χ4v) is 2.67. The van der Waals surface area contributed by atoms with Gasteiger partial charge in [-0.05, 0) is 24.6 Å². The van der Waals surface area contributed by atoms with Crippen LogP contribution in [0.15, 0.2) is 24.3 Å². The first-order valence-corrected chi connectivity index (χ1v) is 7.10. The molecule has 1 aromatic carbocycles. The number of aliphatic carboxylic acids is 1. The van der Waals surface area contributed by atoms with Gasteiger partial charge in [-0.3, -0.25) is 4.79 Å². The summed E-state index contributed by atoms with van der Waals surface area (Å²) in [5.74, 6) is -3.05. The lowest BCUT2D eigenvalue weighted by atomic mass is 10.1. The summed E-state index contributed by atoms with van der Waals surface area (Å²) in [6.45, 7) is 2.08. The number of fused-ring (bicyclic) bond motifs is 3. The number of primary amides is 1. The maximum Gasteiger partial charge on any atom is 0.490 e. The van der Waals surface area contributed by atoms with E-state index in [4.69, 9.17) is 15.6 Å². The van der Waals surface area contributed by atoms with Gasteiger partial charge in [0.05, 0.1) is 0 Å². The third-order valence-electron chi connectivity index (χ3n) is 3.59. The van der Waals surface area contributed by atoms with E-state index in [0.717, 1.165) is 25.0 Å². The van der Waals surface area contributed by atoms with Gasteiger partial charge in [0.25, 0.3) is 0 Å². The molecule has 0 radical (unpaired) electrons. The lowest BCUT2D eigenvalue weighted by molar-refractivity contribution is -0.192. The molecule has 0 spiro atoms. The van der Waals surface area contributed by atoms with Crippen molar-refractivity contribution in [3.05, 3.63) is 35.5 Å². The van der Waals surface area contributed by atoms with Crippen LogP contribution < -0.4 is 11.1 Å². The van der Waals surface area contributed by atoms with E-state index in [1.54, 1.807) is 0 Å². The molecule has 0 unspecified atom stereocenters. The molecule has 0 bridgehead atoms. The van der Waals surface area contributed by atoms with Crippen molar-refractivity contribution in [3.8, 4) is 0 Å². The van der Waals surface area contributed by atoms with Gasteiger partial charge >= 0.3 is 12.1 Å². The number of halogens is 3. The molecule has 0 fully saturated rings. The summed E-state index contributed by atoms with van der Waals surface area (Å²) in [7, 11) is 0. The number of benzene rings is 1. The van der Waals surface area contributed by atoms with E-state index in [0.29, 0.717) is 0 Å². The van der Waals surface area contributed by atoms with Crippen LogP contribution in [-0.4, -0.2) is 34.3 Å². The second-order valence-corrected chi connectivity index (χ2v) is 5.22. The number of amides is 1. The van der Waals surface area contributed by atoms with Crippen LogP contribution in [0, 0.1) is 0 Å². The molecular weight excluding hydrogens is 327 g/mol. The molecule has 24 heavy (non-hydrogen) atoms. The molecule has 1 aliphatic rings. The third-order valence-corrected chi connectivity index (χ3v) is 3.59. The van der Waals surface area contributed by atoms with Crippen molar-refractivity contribution in [3.63, 3.8) is 0 Å². The number of nitrogens with one attached hydrogen (secondary N) is 1. The Morgan fingerprint density at radius 2 is 1.92 bits per heavy atom. The lowest BCUT2D eigenvalue weighted by Crippen LogP contribution is -2.27. The first-order chi connectivity index (χ1) is 11.2. The van der Waals surface area contributed by atoms with Crippen molar-refractivity contribution in [2.24, 2.45) is 5.73 Å². The molecular formula is C15H16F3N3O3. The minimum atomic E-state index is -5.08. The summed E-state index contributed by atoms with van der Waals surface area (Å²) in [6.07, 6.45) is -4.07. The molecule has 1 aliphatic heterocycles. The van der Waals surface area contributed by atoms with E-state index < -0.39 is 12.1 Å². The van der Waals surface area contributed by atoms with Gasteiger partial charge in [0.2, 0.25) is 5.91 Å². The molecule has 9 heteroatoms. The number of carbonyl (C=O) groups excluding carboxylic acids is 1. The van der Waals surface area contributed by atoms with Crippen LogP contribution in [0.25, 0.3) is 10.9 Å². The van der Waals surface area contributed by atoms with E-state index in [-0.39, 0.29) is 12.5 Å². The number of hydrogen-bond donors (Lipinski definition) is 3. The highest BCUT2D eigenvalue weighted by Crippen LogP contribution is 2.28. The summed E-state index contributed by atoms with van der Waals surface area (Å²) < 4.78 is 33.8. The standard InChI is InChI=1S/C13H15N3O.C2HF3O2/c14-13(17)8-16-11-4-2-1-3-9(11)10-5-6-15-7-12(10)16;3-2(4,5)1(6)7/h1-4,15H,5-8H2,(H2,14,17);(H,6,7). The Morgan fingerprint density at radius 1 is 1.29 bits per heavy atom. The van der Waals surface area contributed by atoms with Crippen LogP contribution >= 0.6 is 0 Å². The number of nitrogens with zero attached hydrogens (tertiary/aromatic N) is 1. The summed E-state index contributed by atoms with van der Waals surface area (Å²) >= 11 is 0. The van der Waals surface area contributed by atoms with Gasteiger partial charge in [0.15, 0.2) is 0 Å². The van der Waals surface area contributed by atoms with Crippen molar-refractivity contribution in [2.75, 3.05) is 6.54 Å². The predicted molar refractivity (Wildman–Crippen MR) is 80.2 cm³/mol. The second-order valence-electron chi connectivity index (χ2n) is 5.22. The Hall–Kier alpha value is -2.55. The fourth-order valence-electron chi connectivity index (χ4n) is 2.67. The number of hydrogen-bond acceptors (Lipinski definition) is 3. The van der Waals surface area contributed by atoms with Crippen LogP contribution in [0.3, 0.4) is 0 Å². The molecule has 2 heterocycles. The Bertz CT molecular complexity index is 768. The Morgan fingerprint density at radius 3 is 2.50 bits per heavy atom. The van der Waals surface area contributed by atoms with Crippen LogP contribution in [0.4, 0.5) is 13.2 Å². The summed E-state index contributed by atoms with van der Waals surface area (Å²) in [6, 6.07) is 8.21. The van der Waals surface area contributed by atoms with Crippen LogP contribution in [-0.2, 0) is 29.1 Å². The largest absolute Gasteiger partial charge is 0.490 e. The first-order valence-electron chi connectivity index (χ1n) is 7.10. The predicted octanol–water partition coefficient (Wildman–Crippen LogP) is 1.41. The Kier molecular flexibility index (Phi) is 5.13. The smallest absolute Gasteiger partial charge is 0.475 e. The highest BCUT2D eigenvalue weighted by Gasteiger charge is 2.38. The zero-order chi connectivity index (χ0) is 17.9. The number of aromatic nitrogens is 1. The minimum absolute atomic E-state index is 0.261. The van der Waals surface area contributed by atoms with E-state index in [9.17, 15) is 18.0 Å². The average Bonchev–Trinajstić information content (AvgIpc) is 2.82. The van der Waals surface area contributed by atoms with E-state index in [1.165, 1.54) is 16.6 Å². The summed E-state index contributed by atoms with van der Waals surface area (Å²) in [5, 5.41) is 11.7. The first kappa shape index (κ1) is 17.8. The zero-order valence-electron chi connectivity index (χ0n) is 12.6. The molecule has 0 aliphatic carbocycles. The maximum absolute atomic E-state index is 11.2. The van der Waals surface area contributed by atoms with E-state index in [1.807, 2.05) is 16.7 Å². The number of rotatable bonds is 2. The Balaban J connectivity index is 0.000000256. The van der Waals surface area contributed by atoms with Crippen molar-refractivity contribution < 1.29 is 27.9 Å². The van der Waals surface area contributed by atoms with Gasteiger partial charge in [-0.15, -0.1) is 0 Å². The number of carboxylic acid groups (broad SMARTS) is 1. The van der Waals surface area contributed by atoms with Crippen molar-refractivity contribution >= 4 is 22.8 Å². The highest BCUT2D eigenvalue weighted by atomic mass is 19.4. The molecule has 6 nitrogen and oxygen atoms in total. The number of carboxylic acids is 1.